The molecule has 0 aromatic carbocycles. The summed E-state index contributed by atoms with van der Waals surface area (Å²) in [5.74, 6) is -0.248. The highest BCUT2D eigenvalue weighted by atomic mass is 32.1. The van der Waals surface area contributed by atoms with E-state index in [2.05, 4.69) is 59.4 Å². The average molecular weight is 515 g/mol. The lowest BCUT2D eigenvalue weighted by Gasteiger charge is -2.37. The molecule has 1 aliphatic rings. The summed E-state index contributed by atoms with van der Waals surface area (Å²) in [6.07, 6.45) is 23.0. The molecular weight excluding hydrogens is 480 g/mol. The Morgan fingerprint density at radius 2 is 1.92 bits per heavy atom. The van der Waals surface area contributed by atoms with E-state index in [1.807, 2.05) is 50.9 Å². The summed E-state index contributed by atoms with van der Waals surface area (Å²) < 4.78 is 5.69. The third-order valence-corrected chi connectivity index (χ3v) is 7.41. The van der Waals surface area contributed by atoms with Gasteiger partial charge in [0.1, 0.15) is 16.5 Å². The van der Waals surface area contributed by atoms with E-state index in [1.54, 1.807) is 17.0 Å². The molecule has 0 fully saturated rings. The normalized spacial score (nSPS) is 19.0. The van der Waals surface area contributed by atoms with Crippen molar-refractivity contribution in [1.29, 1.82) is 0 Å². The molecule has 0 aliphatic heterocycles. The summed E-state index contributed by atoms with van der Waals surface area (Å²) in [6, 6.07) is 0.353. The molecule has 8 heteroatoms. The molecule has 3 aromatic rings. The number of rotatable bonds is 6. The Bertz CT molecular complexity index is 1530. The molecule has 37 heavy (non-hydrogen) atoms. The number of hydrogen-bond acceptors (Lipinski definition) is 5. The van der Waals surface area contributed by atoms with Crippen LogP contribution >= 0.6 is 12.2 Å². The third kappa shape index (κ3) is 5.69. The molecule has 0 N–H and O–H groups in total. The van der Waals surface area contributed by atoms with E-state index in [9.17, 15) is 4.79 Å². The molecule has 0 amide bonds. The minimum atomic E-state index is -0.248. The topological polar surface area (TPSA) is 70.5 Å². The van der Waals surface area contributed by atoms with Gasteiger partial charge in [0, 0.05) is 25.5 Å². The van der Waals surface area contributed by atoms with Gasteiger partial charge in [-0.15, -0.1) is 0 Å². The van der Waals surface area contributed by atoms with Crippen molar-refractivity contribution in [2.24, 2.45) is 12.5 Å². The lowest BCUT2D eigenvalue weighted by atomic mass is 9.71. The first-order chi connectivity index (χ1) is 17.6. The minimum Gasteiger partial charge on any atom is -0.330 e. The van der Waals surface area contributed by atoms with Gasteiger partial charge >= 0.3 is 0 Å². The van der Waals surface area contributed by atoms with Gasteiger partial charge in [-0.2, -0.15) is 0 Å². The van der Waals surface area contributed by atoms with E-state index < -0.39 is 0 Å². The van der Waals surface area contributed by atoms with E-state index in [0.717, 1.165) is 24.0 Å². The maximum Gasteiger partial charge on any atom is 0.257 e. The van der Waals surface area contributed by atoms with Crippen molar-refractivity contribution in [3.05, 3.63) is 94.8 Å². The molecule has 1 aliphatic carbocycles. The van der Waals surface area contributed by atoms with Gasteiger partial charge in [-0.05, 0) is 55.7 Å². The lowest BCUT2D eigenvalue weighted by molar-refractivity contribution is 0.0965. The Hall–Kier alpha value is -3.65. The van der Waals surface area contributed by atoms with Gasteiger partial charge in [-0.3, -0.25) is 9.36 Å². The molecule has 0 saturated carbocycles. The first kappa shape index (κ1) is 26.4. The molecular formula is C29H34N6OS. The third-order valence-electron chi connectivity index (χ3n) is 7.02. The van der Waals surface area contributed by atoms with E-state index in [1.165, 1.54) is 22.0 Å². The van der Waals surface area contributed by atoms with Crippen molar-refractivity contribution in [1.82, 2.24) is 28.7 Å². The Morgan fingerprint density at radius 3 is 2.65 bits per heavy atom. The molecule has 0 bridgehead atoms. The highest BCUT2D eigenvalue weighted by molar-refractivity contribution is 7.71. The van der Waals surface area contributed by atoms with Gasteiger partial charge in [0.2, 0.25) is 0 Å². The molecule has 1 atom stereocenters. The molecule has 3 aromatic heterocycles. The van der Waals surface area contributed by atoms with Gasteiger partial charge in [-0.25, -0.2) is 15.0 Å². The maximum atomic E-state index is 12.8. The monoisotopic (exact) mass is 514 g/mol. The van der Waals surface area contributed by atoms with Crippen LogP contribution in [0.4, 0.5) is 0 Å². The largest absolute Gasteiger partial charge is 0.330 e. The van der Waals surface area contributed by atoms with E-state index in [0.29, 0.717) is 21.8 Å². The Labute approximate surface area is 223 Å². The van der Waals surface area contributed by atoms with Crippen molar-refractivity contribution >= 4 is 29.3 Å². The number of aromatic nitrogens is 6. The zero-order chi connectivity index (χ0) is 26.7. The fourth-order valence-electron chi connectivity index (χ4n) is 4.84. The predicted octanol–water partition coefficient (Wildman–Crippen LogP) is 6.72. The smallest absolute Gasteiger partial charge is 0.257 e. The van der Waals surface area contributed by atoms with E-state index in [4.69, 9.17) is 12.2 Å². The van der Waals surface area contributed by atoms with Crippen LogP contribution in [0.25, 0.3) is 11.2 Å². The standard InChI is InChI=1S/C29H34N6OS/c1-20(10-11-23-22(3)24(12-13-29(23,4)5)34-15-14-30-17-34)8-7-9-21(2)16-25(36)35-19-32-27-26(28(35)37)31-18-33(27)6/h7-11,14-19,24H,12-13H2,1-6H3/b9-7+,11-10+,20-8+,21-16+. The van der Waals surface area contributed by atoms with E-state index in [-0.39, 0.29) is 11.3 Å². The average Bonchev–Trinajstić information content (AvgIpc) is 3.49. The van der Waals surface area contributed by atoms with Crippen LogP contribution in [0.15, 0.2) is 90.1 Å². The number of hydrogen-bond donors (Lipinski definition) is 0. The van der Waals surface area contributed by atoms with Crippen LogP contribution in [0, 0.1) is 10.1 Å². The quantitative estimate of drug-likeness (QED) is 0.207. The van der Waals surface area contributed by atoms with Crippen molar-refractivity contribution < 1.29 is 4.79 Å². The van der Waals surface area contributed by atoms with Crippen LogP contribution in [0.3, 0.4) is 0 Å². The number of aryl methyl sites for hydroxylation is 1. The fraction of sp³-hybridized carbons (Fsp3) is 0.345. The Kier molecular flexibility index (Phi) is 7.68. The maximum absolute atomic E-state index is 12.8. The van der Waals surface area contributed by atoms with Crippen LogP contribution in [0.1, 0.15) is 58.3 Å². The van der Waals surface area contributed by atoms with Crippen LogP contribution in [0.5, 0.6) is 0 Å². The summed E-state index contributed by atoms with van der Waals surface area (Å²) in [4.78, 5) is 25.6. The molecule has 4 rings (SSSR count). The number of carbonyl (C=O) groups is 1. The zero-order valence-electron chi connectivity index (χ0n) is 22.3. The highest BCUT2D eigenvalue weighted by Crippen LogP contribution is 2.45. The Morgan fingerprint density at radius 1 is 1.14 bits per heavy atom. The van der Waals surface area contributed by atoms with Gasteiger partial charge in [-0.1, -0.05) is 62.0 Å². The van der Waals surface area contributed by atoms with Crippen LogP contribution in [-0.4, -0.2) is 34.6 Å². The number of fused-ring (bicyclic) bond motifs is 1. The SMILES string of the molecule is CC1=C(/C=C/C(C)=C/C=C/C(C)=C/C(=O)n2cnc3c(ncn3C)c2=S)C(C)(C)CCC1n1ccnc1. The number of carbonyl (C=O) groups excluding carboxylic acids is 1. The molecule has 0 radical (unpaired) electrons. The number of nitrogens with zero attached hydrogens (tertiary/aromatic N) is 6. The highest BCUT2D eigenvalue weighted by Gasteiger charge is 2.32. The number of imidazole rings is 2. The second kappa shape index (κ2) is 10.8. The Balaban J connectivity index is 1.47. The van der Waals surface area contributed by atoms with E-state index >= 15 is 0 Å². The van der Waals surface area contributed by atoms with Crippen LogP contribution in [0.2, 0.25) is 0 Å². The van der Waals surface area contributed by atoms with Crippen molar-refractivity contribution in [2.45, 2.75) is 53.5 Å². The first-order valence-electron chi connectivity index (χ1n) is 12.4. The van der Waals surface area contributed by atoms with Gasteiger partial charge in [0.25, 0.3) is 5.91 Å². The second-order valence-corrected chi connectivity index (χ2v) is 10.7. The van der Waals surface area contributed by atoms with Gasteiger partial charge in [0.05, 0.1) is 18.7 Å². The van der Waals surface area contributed by atoms with Crippen LogP contribution in [-0.2, 0) is 7.05 Å². The fourth-order valence-corrected chi connectivity index (χ4v) is 5.12. The summed E-state index contributed by atoms with van der Waals surface area (Å²) in [5, 5.41) is 0. The zero-order valence-corrected chi connectivity index (χ0v) is 23.2. The molecule has 3 heterocycles. The van der Waals surface area contributed by atoms with Gasteiger partial charge in [0.15, 0.2) is 5.65 Å². The summed E-state index contributed by atoms with van der Waals surface area (Å²) in [6.45, 7) is 10.8. The molecule has 1 unspecified atom stereocenters. The van der Waals surface area contributed by atoms with Crippen molar-refractivity contribution in [2.75, 3.05) is 0 Å². The van der Waals surface area contributed by atoms with Crippen LogP contribution < -0.4 is 0 Å². The predicted molar refractivity (Wildman–Crippen MR) is 151 cm³/mol. The lowest BCUT2D eigenvalue weighted by Crippen LogP contribution is -2.25. The molecule has 192 valence electrons. The second-order valence-electron chi connectivity index (χ2n) is 10.3. The molecule has 0 spiro atoms. The first-order valence-corrected chi connectivity index (χ1v) is 12.8. The van der Waals surface area contributed by atoms with Gasteiger partial charge < -0.3 is 9.13 Å². The van der Waals surface area contributed by atoms with Crippen molar-refractivity contribution in [3.8, 4) is 0 Å². The summed E-state index contributed by atoms with van der Waals surface area (Å²) in [5.41, 5.74) is 6.04. The summed E-state index contributed by atoms with van der Waals surface area (Å²) >= 11 is 5.45. The molecule has 7 nitrogen and oxygen atoms in total. The minimum absolute atomic E-state index is 0.127. The number of allylic oxidation sites excluding steroid dienone is 10. The molecule has 0 saturated heterocycles. The summed E-state index contributed by atoms with van der Waals surface area (Å²) in [7, 11) is 1.84. The van der Waals surface area contributed by atoms with Crippen molar-refractivity contribution in [3.63, 3.8) is 0 Å².